The van der Waals surface area contributed by atoms with Gasteiger partial charge < -0.3 is 10.2 Å². The van der Waals surface area contributed by atoms with Crippen molar-refractivity contribution in [2.24, 2.45) is 0 Å². The summed E-state index contributed by atoms with van der Waals surface area (Å²) in [6.07, 6.45) is 1.56. The molecule has 0 atom stereocenters. The van der Waals surface area contributed by atoms with E-state index in [1.165, 1.54) is 11.9 Å². The summed E-state index contributed by atoms with van der Waals surface area (Å²) in [4.78, 5) is 25.9. The van der Waals surface area contributed by atoms with Crippen LogP contribution < -0.4 is 5.32 Å². The van der Waals surface area contributed by atoms with Gasteiger partial charge in [0.25, 0.3) is 5.91 Å². The van der Waals surface area contributed by atoms with Gasteiger partial charge >= 0.3 is 0 Å². The largest absolute Gasteiger partial charge is 0.331 e. The third-order valence-corrected chi connectivity index (χ3v) is 4.62. The van der Waals surface area contributed by atoms with E-state index in [9.17, 15) is 9.59 Å². The van der Waals surface area contributed by atoms with Crippen molar-refractivity contribution >= 4 is 40.7 Å². The molecule has 1 aromatic heterocycles. The van der Waals surface area contributed by atoms with E-state index in [4.69, 9.17) is 23.2 Å². The summed E-state index contributed by atoms with van der Waals surface area (Å²) in [5.41, 5.74) is 1.70. The van der Waals surface area contributed by atoms with Crippen molar-refractivity contribution in [3.63, 3.8) is 0 Å². The number of aromatic nitrogens is 3. The first-order valence-electron chi connectivity index (χ1n) is 8.37. The lowest BCUT2D eigenvalue weighted by molar-refractivity contribution is -0.116. The second-order valence-electron chi connectivity index (χ2n) is 6.13. The molecule has 0 aliphatic heterocycles. The second-order valence-corrected chi connectivity index (χ2v) is 6.94. The molecule has 3 rings (SSSR count). The Balaban J connectivity index is 1.58. The van der Waals surface area contributed by atoms with E-state index in [2.05, 4.69) is 15.6 Å². The van der Waals surface area contributed by atoms with Crippen LogP contribution in [0.3, 0.4) is 0 Å². The molecule has 0 fully saturated rings. The number of anilines is 1. The Kier molecular flexibility index (Phi) is 6.28. The van der Waals surface area contributed by atoms with Gasteiger partial charge in [-0.15, -0.1) is 5.10 Å². The first kappa shape index (κ1) is 19.9. The number of amides is 2. The molecule has 144 valence electrons. The van der Waals surface area contributed by atoms with Crippen LogP contribution in [0.15, 0.2) is 54.7 Å². The Morgan fingerprint density at radius 1 is 1.11 bits per heavy atom. The van der Waals surface area contributed by atoms with Crippen LogP contribution in [-0.2, 0) is 11.3 Å². The average molecular weight is 418 g/mol. The highest BCUT2D eigenvalue weighted by Crippen LogP contribution is 2.24. The fraction of sp³-hybridized carbons (Fsp3) is 0.158. The van der Waals surface area contributed by atoms with Crippen molar-refractivity contribution in [2.45, 2.75) is 6.54 Å². The highest BCUT2D eigenvalue weighted by Gasteiger charge is 2.18. The quantitative estimate of drug-likeness (QED) is 0.666. The molecular weight excluding hydrogens is 401 g/mol. The zero-order chi connectivity index (χ0) is 20.1. The van der Waals surface area contributed by atoms with Crippen LogP contribution in [0.4, 0.5) is 5.69 Å². The van der Waals surface area contributed by atoms with Gasteiger partial charge in [0.15, 0.2) is 5.69 Å². The van der Waals surface area contributed by atoms with Crippen molar-refractivity contribution in [1.82, 2.24) is 19.9 Å². The van der Waals surface area contributed by atoms with E-state index in [0.717, 1.165) is 5.56 Å². The molecule has 0 aliphatic carbocycles. The predicted octanol–water partition coefficient (Wildman–Crippen LogP) is 3.34. The number of benzene rings is 2. The Bertz CT molecular complexity index is 991. The van der Waals surface area contributed by atoms with Crippen molar-refractivity contribution in [1.29, 1.82) is 0 Å². The lowest BCUT2D eigenvalue weighted by Crippen LogP contribution is -2.35. The molecule has 1 N–H and O–H groups in total. The van der Waals surface area contributed by atoms with Gasteiger partial charge in [0.05, 0.1) is 29.3 Å². The second kappa shape index (κ2) is 8.86. The maximum absolute atomic E-state index is 12.5. The summed E-state index contributed by atoms with van der Waals surface area (Å²) in [7, 11) is 1.52. The van der Waals surface area contributed by atoms with Gasteiger partial charge in [-0.3, -0.25) is 9.59 Å². The molecular formula is C19H17Cl2N5O2. The summed E-state index contributed by atoms with van der Waals surface area (Å²) in [5, 5.41) is 11.3. The highest BCUT2D eigenvalue weighted by molar-refractivity contribution is 6.42. The number of nitrogens with zero attached hydrogens (tertiary/aromatic N) is 4. The van der Waals surface area contributed by atoms with Gasteiger partial charge in [-0.1, -0.05) is 58.7 Å². The molecule has 1 heterocycles. The van der Waals surface area contributed by atoms with Crippen LogP contribution in [-0.4, -0.2) is 45.3 Å². The Morgan fingerprint density at radius 2 is 1.86 bits per heavy atom. The first-order valence-corrected chi connectivity index (χ1v) is 9.12. The minimum Gasteiger partial charge on any atom is -0.331 e. The Hall–Kier alpha value is -2.90. The van der Waals surface area contributed by atoms with Crippen molar-refractivity contribution in [3.8, 4) is 0 Å². The minimum absolute atomic E-state index is 0.148. The van der Waals surface area contributed by atoms with Gasteiger partial charge in [0, 0.05) is 12.7 Å². The van der Waals surface area contributed by atoms with E-state index in [0.29, 0.717) is 22.3 Å². The molecule has 0 saturated carbocycles. The smallest absolute Gasteiger partial charge is 0.276 e. The molecule has 0 spiro atoms. The number of rotatable bonds is 6. The molecule has 0 saturated heterocycles. The third-order valence-electron chi connectivity index (χ3n) is 3.88. The maximum Gasteiger partial charge on any atom is 0.276 e. The third kappa shape index (κ3) is 5.09. The van der Waals surface area contributed by atoms with E-state index >= 15 is 0 Å². The monoisotopic (exact) mass is 417 g/mol. The highest BCUT2D eigenvalue weighted by atomic mass is 35.5. The number of halogens is 2. The lowest BCUT2D eigenvalue weighted by atomic mass is 10.2. The first-order chi connectivity index (χ1) is 13.4. The molecule has 9 heteroatoms. The standard InChI is InChI=1S/C19H17Cl2N5O2/c1-25(12-18(27)22-14-7-8-15(20)16(21)9-14)19(28)17-11-26(24-23-17)10-13-5-3-2-4-6-13/h2-9,11H,10,12H2,1H3,(H,22,27). The van der Waals surface area contributed by atoms with Crippen LogP contribution in [0.25, 0.3) is 0 Å². The van der Waals surface area contributed by atoms with Gasteiger partial charge in [0.2, 0.25) is 5.91 Å². The summed E-state index contributed by atoms with van der Waals surface area (Å²) < 4.78 is 1.58. The average Bonchev–Trinajstić information content (AvgIpc) is 3.13. The molecule has 7 nitrogen and oxygen atoms in total. The maximum atomic E-state index is 12.5. The van der Waals surface area contributed by atoms with Crippen LogP contribution >= 0.6 is 23.2 Å². The Morgan fingerprint density at radius 3 is 2.57 bits per heavy atom. The van der Waals surface area contributed by atoms with E-state index in [1.54, 1.807) is 29.1 Å². The summed E-state index contributed by atoms with van der Waals surface area (Å²) in [5.74, 6) is -0.769. The number of carbonyl (C=O) groups is 2. The predicted molar refractivity (Wildman–Crippen MR) is 108 cm³/mol. The van der Waals surface area contributed by atoms with Crippen LogP contribution in [0, 0.1) is 0 Å². The molecule has 2 amide bonds. The van der Waals surface area contributed by atoms with Crippen LogP contribution in [0.5, 0.6) is 0 Å². The SMILES string of the molecule is CN(CC(=O)Nc1ccc(Cl)c(Cl)c1)C(=O)c1cn(Cc2ccccc2)nn1. The molecule has 0 unspecified atom stereocenters. The summed E-state index contributed by atoms with van der Waals surface area (Å²) in [6.45, 7) is 0.354. The zero-order valence-corrected chi connectivity index (χ0v) is 16.5. The van der Waals surface area contributed by atoms with Crippen LogP contribution in [0.1, 0.15) is 16.1 Å². The van der Waals surface area contributed by atoms with Gasteiger partial charge in [0.1, 0.15) is 0 Å². The molecule has 0 aliphatic rings. The molecule has 28 heavy (non-hydrogen) atoms. The zero-order valence-electron chi connectivity index (χ0n) is 15.0. The number of hydrogen-bond acceptors (Lipinski definition) is 4. The number of nitrogens with one attached hydrogen (secondary N) is 1. The number of carbonyl (C=O) groups excluding carboxylic acids is 2. The van der Waals surface area contributed by atoms with E-state index in [1.807, 2.05) is 30.3 Å². The van der Waals surface area contributed by atoms with Gasteiger partial charge in [-0.05, 0) is 23.8 Å². The molecule has 3 aromatic rings. The van der Waals surface area contributed by atoms with Crippen molar-refractivity contribution in [2.75, 3.05) is 18.9 Å². The Labute approximate surface area is 171 Å². The number of hydrogen-bond donors (Lipinski definition) is 1. The number of likely N-dealkylation sites (N-methyl/N-ethyl adjacent to an activating group) is 1. The normalized spacial score (nSPS) is 10.5. The van der Waals surface area contributed by atoms with Crippen LogP contribution in [0.2, 0.25) is 10.0 Å². The van der Waals surface area contributed by atoms with Gasteiger partial charge in [-0.2, -0.15) is 0 Å². The summed E-state index contributed by atoms with van der Waals surface area (Å²) in [6, 6.07) is 14.5. The molecule has 0 bridgehead atoms. The van der Waals surface area contributed by atoms with Crippen molar-refractivity contribution < 1.29 is 9.59 Å². The minimum atomic E-state index is -0.399. The van der Waals surface area contributed by atoms with E-state index < -0.39 is 5.91 Å². The summed E-state index contributed by atoms with van der Waals surface area (Å²) >= 11 is 11.8. The molecule has 2 aromatic carbocycles. The topological polar surface area (TPSA) is 80.1 Å². The van der Waals surface area contributed by atoms with Crippen molar-refractivity contribution in [3.05, 3.63) is 76.0 Å². The van der Waals surface area contributed by atoms with Gasteiger partial charge in [-0.25, -0.2) is 4.68 Å². The fourth-order valence-corrected chi connectivity index (χ4v) is 2.80. The lowest BCUT2D eigenvalue weighted by Gasteiger charge is -2.15. The molecule has 0 radical (unpaired) electrons. The fourth-order valence-electron chi connectivity index (χ4n) is 2.50. The van der Waals surface area contributed by atoms with E-state index in [-0.39, 0.29) is 18.1 Å².